The maximum atomic E-state index is 12.8. The Morgan fingerprint density at radius 1 is 0.949 bits per heavy atom. The van der Waals surface area contributed by atoms with Crippen molar-refractivity contribution in [3.8, 4) is 5.75 Å². The molecule has 0 atom stereocenters. The van der Waals surface area contributed by atoms with Crippen molar-refractivity contribution in [3.05, 3.63) is 77.2 Å². The van der Waals surface area contributed by atoms with E-state index in [4.69, 9.17) is 9.47 Å². The second-order valence-corrected chi connectivity index (χ2v) is 7.84. The highest BCUT2D eigenvalue weighted by Gasteiger charge is 2.23. The number of esters is 2. The van der Waals surface area contributed by atoms with Crippen molar-refractivity contribution in [2.24, 2.45) is 10.2 Å². The van der Waals surface area contributed by atoms with Crippen LogP contribution in [0.2, 0.25) is 0 Å². The van der Waals surface area contributed by atoms with Crippen molar-refractivity contribution in [3.63, 3.8) is 0 Å². The molecule has 0 spiro atoms. The SMILES string of the molecule is COC(=O)c1ccc(C(=O)OC)c(N=NC(C(=O)Nc2ccc(OCCN3C(=O)C=CC3=O)cc2)=C(C)O)c1. The van der Waals surface area contributed by atoms with Gasteiger partial charge in [0.15, 0.2) is 5.70 Å². The van der Waals surface area contributed by atoms with Gasteiger partial charge in [0, 0.05) is 17.8 Å². The minimum Gasteiger partial charge on any atom is -0.510 e. The van der Waals surface area contributed by atoms with Crippen LogP contribution in [0.25, 0.3) is 0 Å². The highest BCUT2D eigenvalue weighted by molar-refractivity contribution is 6.12. The third-order valence-corrected chi connectivity index (χ3v) is 5.24. The minimum absolute atomic E-state index is 0.0328. The molecule has 13 heteroatoms. The smallest absolute Gasteiger partial charge is 0.340 e. The molecule has 0 saturated heterocycles. The summed E-state index contributed by atoms with van der Waals surface area (Å²) in [5.41, 5.74) is -0.172. The summed E-state index contributed by atoms with van der Waals surface area (Å²) in [5.74, 6) is -3.09. The number of hydrogen-bond donors (Lipinski definition) is 2. The van der Waals surface area contributed by atoms with Crippen molar-refractivity contribution in [1.29, 1.82) is 0 Å². The van der Waals surface area contributed by atoms with E-state index in [0.717, 1.165) is 12.0 Å². The van der Waals surface area contributed by atoms with E-state index >= 15 is 0 Å². The number of imide groups is 1. The lowest BCUT2D eigenvalue weighted by Crippen LogP contribution is -2.33. The van der Waals surface area contributed by atoms with Crippen LogP contribution in [-0.2, 0) is 23.9 Å². The zero-order valence-corrected chi connectivity index (χ0v) is 21.2. The van der Waals surface area contributed by atoms with Crippen molar-refractivity contribution < 1.29 is 43.3 Å². The van der Waals surface area contributed by atoms with Crippen LogP contribution in [0.5, 0.6) is 5.75 Å². The van der Waals surface area contributed by atoms with Crippen molar-refractivity contribution in [2.45, 2.75) is 6.92 Å². The Balaban J connectivity index is 1.69. The molecule has 0 aromatic heterocycles. The quantitative estimate of drug-likeness (QED) is 0.152. The van der Waals surface area contributed by atoms with Gasteiger partial charge in [0.05, 0.1) is 31.9 Å². The molecule has 3 amide bonds. The summed E-state index contributed by atoms with van der Waals surface area (Å²) in [6.45, 7) is 1.38. The fourth-order valence-corrected chi connectivity index (χ4v) is 3.26. The lowest BCUT2D eigenvalue weighted by atomic mass is 10.1. The number of benzene rings is 2. The number of ether oxygens (including phenoxy) is 3. The Morgan fingerprint density at radius 3 is 2.18 bits per heavy atom. The average molecular weight is 536 g/mol. The first kappa shape index (κ1) is 28.2. The molecule has 3 rings (SSSR count). The van der Waals surface area contributed by atoms with E-state index in [-0.39, 0.29) is 30.0 Å². The number of methoxy groups -OCH3 is 2. The zero-order chi connectivity index (χ0) is 28.5. The van der Waals surface area contributed by atoms with E-state index in [1.54, 1.807) is 12.1 Å². The van der Waals surface area contributed by atoms with Crippen molar-refractivity contribution in [1.82, 2.24) is 4.90 Å². The van der Waals surface area contributed by atoms with Gasteiger partial charge < -0.3 is 24.6 Å². The van der Waals surface area contributed by atoms with Crippen molar-refractivity contribution in [2.75, 3.05) is 32.7 Å². The number of azo groups is 1. The third kappa shape index (κ3) is 7.13. The van der Waals surface area contributed by atoms with Gasteiger partial charge in [-0.05, 0) is 49.4 Å². The van der Waals surface area contributed by atoms with Gasteiger partial charge in [-0.2, -0.15) is 0 Å². The van der Waals surface area contributed by atoms with Crippen LogP contribution in [0.15, 0.2) is 76.3 Å². The molecule has 2 aromatic rings. The highest BCUT2D eigenvalue weighted by Crippen LogP contribution is 2.25. The molecule has 0 saturated carbocycles. The topological polar surface area (TPSA) is 173 Å². The second-order valence-electron chi connectivity index (χ2n) is 7.84. The summed E-state index contributed by atoms with van der Waals surface area (Å²) < 4.78 is 14.9. The highest BCUT2D eigenvalue weighted by atomic mass is 16.5. The molecule has 1 aliphatic heterocycles. The van der Waals surface area contributed by atoms with Gasteiger partial charge in [0.2, 0.25) is 0 Å². The number of nitrogens with zero attached hydrogens (tertiary/aromatic N) is 3. The van der Waals surface area contributed by atoms with Gasteiger partial charge >= 0.3 is 11.9 Å². The van der Waals surface area contributed by atoms with Crippen LogP contribution in [-0.4, -0.2) is 67.0 Å². The van der Waals surface area contributed by atoms with Gasteiger partial charge in [0.25, 0.3) is 17.7 Å². The largest absolute Gasteiger partial charge is 0.510 e. The molecular formula is C26H24N4O9. The third-order valence-electron chi connectivity index (χ3n) is 5.24. The van der Waals surface area contributed by atoms with E-state index in [9.17, 15) is 29.1 Å². The molecule has 202 valence electrons. The molecular weight excluding hydrogens is 512 g/mol. The minimum atomic E-state index is -0.810. The molecule has 39 heavy (non-hydrogen) atoms. The lowest BCUT2D eigenvalue weighted by molar-refractivity contribution is -0.137. The molecule has 2 aromatic carbocycles. The summed E-state index contributed by atoms with van der Waals surface area (Å²) >= 11 is 0. The summed E-state index contributed by atoms with van der Waals surface area (Å²) in [6.07, 6.45) is 2.38. The van der Waals surface area contributed by atoms with Gasteiger partial charge in [-0.3, -0.25) is 19.3 Å². The monoisotopic (exact) mass is 536 g/mol. The van der Waals surface area contributed by atoms with E-state index < -0.39 is 41.1 Å². The molecule has 0 fully saturated rings. The second kappa shape index (κ2) is 12.8. The molecule has 13 nitrogen and oxygen atoms in total. The molecule has 0 radical (unpaired) electrons. The first-order chi connectivity index (χ1) is 18.6. The molecule has 0 unspecified atom stereocenters. The number of aliphatic hydroxyl groups excluding tert-OH is 1. The Kier molecular flexibility index (Phi) is 9.24. The molecule has 2 N–H and O–H groups in total. The lowest BCUT2D eigenvalue weighted by Gasteiger charge is -2.14. The molecule has 1 heterocycles. The van der Waals surface area contributed by atoms with Crippen LogP contribution in [0.1, 0.15) is 27.6 Å². The predicted molar refractivity (Wildman–Crippen MR) is 135 cm³/mol. The van der Waals surface area contributed by atoms with Crippen LogP contribution in [0.3, 0.4) is 0 Å². The van der Waals surface area contributed by atoms with Crippen LogP contribution in [0, 0.1) is 0 Å². The number of hydrogen-bond acceptors (Lipinski definition) is 11. The summed E-state index contributed by atoms with van der Waals surface area (Å²) in [4.78, 5) is 60.9. The van der Waals surface area contributed by atoms with Crippen LogP contribution in [0.4, 0.5) is 11.4 Å². The number of rotatable bonds is 10. The Labute approximate surface area is 222 Å². The Morgan fingerprint density at radius 2 is 1.59 bits per heavy atom. The summed E-state index contributed by atoms with van der Waals surface area (Å²) in [7, 11) is 2.35. The fraction of sp³-hybridized carbons (Fsp3) is 0.192. The van der Waals surface area contributed by atoms with Crippen LogP contribution >= 0.6 is 0 Å². The average Bonchev–Trinajstić information content (AvgIpc) is 3.25. The van der Waals surface area contributed by atoms with Crippen LogP contribution < -0.4 is 10.1 Å². The number of nitrogens with one attached hydrogen (secondary N) is 1. The molecule has 0 bridgehead atoms. The fourth-order valence-electron chi connectivity index (χ4n) is 3.26. The van der Waals surface area contributed by atoms with E-state index in [1.807, 2.05) is 0 Å². The number of carbonyl (C=O) groups is 5. The number of aliphatic hydroxyl groups is 1. The summed E-state index contributed by atoms with van der Waals surface area (Å²) in [6, 6.07) is 10.0. The van der Waals surface area contributed by atoms with Crippen molar-refractivity contribution >= 4 is 41.0 Å². The standard InChI is InChI=1S/C26H24N4O9/c1-15(31)23(29-28-20-14-16(25(35)37-2)4-9-19(20)26(36)38-3)24(34)27-17-5-7-18(8-6-17)39-13-12-30-21(32)10-11-22(30)33/h4-11,14,31H,12-13H2,1-3H3,(H,27,34). The first-order valence-corrected chi connectivity index (χ1v) is 11.3. The normalized spacial score (nSPS) is 13.4. The summed E-state index contributed by atoms with van der Waals surface area (Å²) in [5, 5.41) is 20.3. The number of allylic oxidation sites excluding steroid dienone is 1. The number of anilines is 1. The molecule has 1 aliphatic rings. The first-order valence-electron chi connectivity index (χ1n) is 11.3. The van der Waals surface area contributed by atoms with E-state index in [1.165, 1.54) is 56.5 Å². The Bertz CT molecular complexity index is 1370. The molecule has 0 aliphatic carbocycles. The maximum absolute atomic E-state index is 12.8. The van der Waals surface area contributed by atoms with Gasteiger partial charge in [0.1, 0.15) is 23.8 Å². The van der Waals surface area contributed by atoms with Gasteiger partial charge in [-0.25, -0.2) is 9.59 Å². The van der Waals surface area contributed by atoms with E-state index in [2.05, 4.69) is 20.3 Å². The zero-order valence-electron chi connectivity index (χ0n) is 21.2. The maximum Gasteiger partial charge on any atom is 0.340 e. The number of amides is 3. The number of carbonyl (C=O) groups excluding carboxylic acids is 5. The van der Waals surface area contributed by atoms with E-state index in [0.29, 0.717) is 11.4 Å². The van der Waals surface area contributed by atoms with Gasteiger partial charge in [-0.1, -0.05) is 0 Å². The van der Waals surface area contributed by atoms with Gasteiger partial charge in [-0.15, -0.1) is 10.2 Å². The predicted octanol–water partition coefficient (Wildman–Crippen LogP) is 3.08. The Hall–Kier alpha value is -5.33.